The minimum atomic E-state index is -0.972. The van der Waals surface area contributed by atoms with Crippen molar-refractivity contribution in [1.82, 2.24) is 15.0 Å². The van der Waals surface area contributed by atoms with Crippen molar-refractivity contribution in [3.05, 3.63) is 72.8 Å². The maximum Gasteiger partial charge on any atom is 0.154 e. The molecule has 0 saturated heterocycles. The number of aromatic amines is 1. The normalized spacial score (nSPS) is 12.2. The summed E-state index contributed by atoms with van der Waals surface area (Å²) in [5.74, 6) is 0.287. The van der Waals surface area contributed by atoms with E-state index in [1.165, 1.54) is 0 Å². The van der Waals surface area contributed by atoms with Crippen molar-refractivity contribution >= 4 is 22.4 Å². The van der Waals surface area contributed by atoms with Crippen LogP contribution >= 0.6 is 0 Å². The number of aliphatic hydroxyl groups is 1. The number of pyridine rings is 2. The number of rotatable bonds is 4. The predicted octanol–water partition coefficient (Wildman–Crippen LogP) is 3.31. The molecule has 0 saturated carbocycles. The lowest BCUT2D eigenvalue weighted by molar-refractivity contribution is 0.209. The van der Waals surface area contributed by atoms with Crippen LogP contribution in [0, 0.1) is 0 Å². The third-order valence-corrected chi connectivity index (χ3v) is 4.10. The lowest BCUT2D eigenvalue weighted by Crippen LogP contribution is -2.13. The van der Waals surface area contributed by atoms with Gasteiger partial charge >= 0.3 is 0 Å². The number of aromatic nitrogens is 3. The van der Waals surface area contributed by atoms with Crippen LogP contribution in [0.3, 0.4) is 0 Å². The van der Waals surface area contributed by atoms with Gasteiger partial charge in [0, 0.05) is 58.1 Å². The zero-order valence-corrected chi connectivity index (χ0v) is 13.3. The molecule has 0 aliphatic rings. The van der Waals surface area contributed by atoms with E-state index < -0.39 is 6.23 Å². The molecule has 1 unspecified atom stereocenters. The molecule has 0 fully saturated rings. The largest absolute Gasteiger partial charge is 0.383 e. The molecule has 4 aromatic rings. The van der Waals surface area contributed by atoms with Crippen LogP contribution in [0.2, 0.25) is 0 Å². The molecule has 4 rings (SSSR count). The molecule has 1 aromatic carbocycles. The minimum Gasteiger partial charge on any atom is -0.383 e. The number of H-pyrrole nitrogens is 1. The number of hydrogen-bond acceptors (Lipinski definition) is 5. The van der Waals surface area contributed by atoms with Crippen LogP contribution in [0.1, 0.15) is 11.8 Å². The summed E-state index contributed by atoms with van der Waals surface area (Å²) in [7, 11) is 0. The Morgan fingerprint density at radius 2 is 2.00 bits per heavy atom. The van der Waals surface area contributed by atoms with E-state index in [0.29, 0.717) is 5.56 Å². The van der Waals surface area contributed by atoms with Crippen molar-refractivity contribution in [2.75, 3.05) is 11.1 Å². The summed E-state index contributed by atoms with van der Waals surface area (Å²) in [6, 6.07) is 13.4. The number of nitrogens with one attached hydrogen (secondary N) is 2. The highest BCUT2D eigenvalue weighted by atomic mass is 16.3. The quantitative estimate of drug-likeness (QED) is 0.430. The monoisotopic (exact) mass is 331 g/mol. The van der Waals surface area contributed by atoms with Gasteiger partial charge in [-0.2, -0.15) is 0 Å². The number of anilines is 2. The van der Waals surface area contributed by atoms with Gasteiger partial charge in [-0.25, -0.2) is 4.98 Å². The summed E-state index contributed by atoms with van der Waals surface area (Å²) in [4.78, 5) is 11.5. The first-order valence-corrected chi connectivity index (χ1v) is 7.88. The number of benzene rings is 1. The van der Waals surface area contributed by atoms with Crippen LogP contribution in [0.15, 0.2) is 67.3 Å². The first-order valence-electron chi connectivity index (χ1n) is 7.88. The summed E-state index contributed by atoms with van der Waals surface area (Å²) < 4.78 is 0. The average Bonchev–Trinajstić information content (AvgIpc) is 3.10. The van der Waals surface area contributed by atoms with E-state index in [0.717, 1.165) is 27.7 Å². The second-order valence-corrected chi connectivity index (χ2v) is 5.77. The van der Waals surface area contributed by atoms with Gasteiger partial charge in [0.2, 0.25) is 0 Å². The van der Waals surface area contributed by atoms with Crippen LogP contribution < -0.4 is 11.1 Å². The van der Waals surface area contributed by atoms with Crippen molar-refractivity contribution < 1.29 is 5.11 Å². The molecule has 0 spiro atoms. The third-order valence-electron chi connectivity index (χ3n) is 4.10. The van der Waals surface area contributed by atoms with Crippen LogP contribution in [-0.2, 0) is 0 Å². The number of nitrogen functional groups attached to an aromatic ring is 1. The Kier molecular flexibility index (Phi) is 3.80. The average molecular weight is 331 g/mol. The Morgan fingerprint density at radius 3 is 2.84 bits per heavy atom. The summed E-state index contributed by atoms with van der Waals surface area (Å²) in [6.45, 7) is 0. The Hall–Kier alpha value is -3.38. The second-order valence-electron chi connectivity index (χ2n) is 5.77. The van der Waals surface area contributed by atoms with Crippen LogP contribution in [0.5, 0.6) is 0 Å². The van der Waals surface area contributed by atoms with Crippen molar-refractivity contribution in [2.24, 2.45) is 0 Å². The molecular formula is C19H17N5O. The molecule has 0 radical (unpaired) electrons. The highest BCUT2D eigenvalue weighted by Gasteiger charge is 2.14. The predicted molar refractivity (Wildman–Crippen MR) is 98.8 cm³/mol. The third kappa shape index (κ3) is 3.02. The van der Waals surface area contributed by atoms with Crippen molar-refractivity contribution in [1.29, 1.82) is 0 Å². The molecule has 0 aliphatic carbocycles. The molecule has 0 aliphatic heterocycles. The summed E-state index contributed by atoms with van der Waals surface area (Å²) in [6.07, 6.45) is 6.04. The molecule has 0 amide bonds. The SMILES string of the molecule is Nc1ncc(-c2cccnc2)cc1C(O)Nc1ccc2[nH]ccc2c1. The highest BCUT2D eigenvalue weighted by Crippen LogP contribution is 2.27. The Bertz CT molecular complexity index is 1010. The van der Waals surface area contributed by atoms with Gasteiger partial charge in [-0.1, -0.05) is 6.07 Å². The van der Waals surface area contributed by atoms with E-state index in [4.69, 9.17) is 5.73 Å². The zero-order chi connectivity index (χ0) is 17.2. The lowest BCUT2D eigenvalue weighted by atomic mass is 10.1. The van der Waals surface area contributed by atoms with Gasteiger partial charge < -0.3 is 21.1 Å². The number of hydrogen-bond donors (Lipinski definition) is 4. The van der Waals surface area contributed by atoms with Crippen LogP contribution in [-0.4, -0.2) is 20.1 Å². The molecule has 6 nitrogen and oxygen atoms in total. The molecule has 0 bridgehead atoms. The van der Waals surface area contributed by atoms with Crippen LogP contribution in [0.25, 0.3) is 22.0 Å². The van der Waals surface area contributed by atoms with Crippen molar-refractivity contribution in [2.45, 2.75) is 6.23 Å². The van der Waals surface area contributed by atoms with Gasteiger partial charge in [-0.3, -0.25) is 4.98 Å². The van der Waals surface area contributed by atoms with E-state index in [1.807, 2.05) is 48.7 Å². The first-order chi connectivity index (χ1) is 12.2. The fourth-order valence-corrected chi connectivity index (χ4v) is 2.78. The Balaban J connectivity index is 1.63. The number of aliphatic hydroxyl groups excluding tert-OH is 1. The van der Waals surface area contributed by atoms with Gasteiger partial charge in [0.1, 0.15) is 5.82 Å². The van der Waals surface area contributed by atoms with Gasteiger partial charge in [0.25, 0.3) is 0 Å². The lowest BCUT2D eigenvalue weighted by Gasteiger charge is -2.17. The van der Waals surface area contributed by atoms with Crippen molar-refractivity contribution in [3.8, 4) is 11.1 Å². The van der Waals surface area contributed by atoms with Gasteiger partial charge in [0.15, 0.2) is 6.23 Å². The molecule has 3 aromatic heterocycles. The van der Waals surface area contributed by atoms with E-state index in [2.05, 4.69) is 20.3 Å². The second kappa shape index (κ2) is 6.26. The fourth-order valence-electron chi connectivity index (χ4n) is 2.78. The van der Waals surface area contributed by atoms with E-state index in [1.54, 1.807) is 18.6 Å². The maximum absolute atomic E-state index is 10.6. The first kappa shape index (κ1) is 15.2. The van der Waals surface area contributed by atoms with Gasteiger partial charge in [-0.15, -0.1) is 0 Å². The molecule has 3 heterocycles. The smallest absolute Gasteiger partial charge is 0.154 e. The topological polar surface area (TPSA) is 99.8 Å². The van der Waals surface area contributed by atoms with Crippen LogP contribution in [0.4, 0.5) is 11.5 Å². The molecule has 5 N–H and O–H groups in total. The number of nitrogens with zero attached hydrogens (tertiary/aromatic N) is 2. The summed E-state index contributed by atoms with van der Waals surface area (Å²) in [5.41, 5.74) is 10.1. The van der Waals surface area contributed by atoms with Crippen molar-refractivity contribution in [3.63, 3.8) is 0 Å². The molecule has 6 heteroatoms. The molecule has 25 heavy (non-hydrogen) atoms. The molecule has 1 atom stereocenters. The molecule has 124 valence electrons. The van der Waals surface area contributed by atoms with E-state index >= 15 is 0 Å². The summed E-state index contributed by atoms with van der Waals surface area (Å²) in [5, 5.41) is 14.7. The van der Waals surface area contributed by atoms with E-state index in [9.17, 15) is 5.11 Å². The summed E-state index contributed by atoms with van der Waals surface area (Å²) >= 11 is 0. The fraction of sp³-hybridized carbons (Fsp3) is 0.0526. The highest BCUT2D eigenvalue weighted by molar-refractivity contribution is 5.83. The Labute approximate surface area is 144 Å². The molecular weight excluding hydrogens is 314 g/mol. The zero-order valence-electron chi connectivity index (χ0n) is 13.3. The number of fused-ring (bicyclic) bond motifs is 1. The maximum atomic E-state index is 10.6. The van der Waals surface area contributed by atoms with Gasteiger partial charge in [-0.05, 0) is 36.4 Å². The number of nitrogens with two attached hydrogens (primary N) is 1. The minimum absolute atomic E-state index is 0.287. The van der Waals surface area contributed by atoms with E-state index in [-0.39, 0.29) is 5.82 Å². The van der Waals surface area contributed by atoms with Gasteiger partial charge in [0.05, 0.1) is 0 Å². The Morgan fingerprint density at radius 1 is 1.08 bits per heavy atom. The standard InChI is InChI=1S/C19H17N5O/c20-18-16(9-14(11-23-18)13-2-1-6-21-10-13)19(25)24-15-3-4-17-12(8-15)5-7-22-17/h1-11,19,22,24-25H,(H2,20,23).